The number of anilines is 2. The van der Waals surface area contributed by atoms with E-state index < -0.39 is 35.5 Å². The maximum atomic E-state index is 13.1. The average Bonchev–Trinajstić information content (AvgIpc) is 3.14. The summed E-state index contributed by atoms with van der Waals surface area (Å²) in [6.45, 7) is 8.29. The van der Waals surface area contributed by atoms with Crippen LogP contribution in [0.3, 0.4) is 0 Å². The molecule has 3 rings (SSSR count). The highest BCUT2D eigenvalue weighted by Crippen LogP contribution is 2.37. The Hall–Kier alpha value is -3.32. The van der Waals surface area contributed by atoms with Gasteiger partial charge in [0, 0.05) is 23.6 Å². The largest absolute Gasteiger partial charge is 0.448 e. The van der Waals surface area contributed by atoms with Crippen molar-refractivity contribution < 1.29 is 32.3 Å². The topological polar surface area (TPSA) is 104 Å². The summed E-state index contributed by atoms with van der Waals surface area (Å²) in [5.41, 5.74) is -3.65. The Morgan fingerprint density at radius 2 is 1.89 bits per heavy atom. The summed E-state index contributed by atoms with van der Waals surface area (Å²) in [7, 11) is 0. The molecule has 2 aromatic rings. The van der Waals surface area contributed by atoms with Crippen LogP contribution in [0.1, 0.15) is 32.3 Å². The molecule has 1 saturated heterocycles. The molecule has 1 aromatic carbocycles. The fourth-order valence-corrected chi connectivity index (χ4v) is 4.36. The fourth-order valence-electron chi connectivity index (χ4n) is 3.82. The molecular formula is C24H28F3N5O4S. The van der Waals surface area contributed by atoms with Crippen LogP contribution in [0, 0.1) is 0 Å². The van der Waals surface area contributed by atoms with Crippen molar-refractivity contribution in [2.45, 2.75) is 43.1 Å². The smallest absolute Gasteiger partial charge is 0.446 e. The van der Waals surface area contributed by atoms with Gasteiger partial charge >= 0.3 is 17.6 Å². The third kappa shape index (κ3) is 7.59. The van der Waals surface area contributed by atoms with Crippen LogP contribution in [0.4, 0.5) is 34.3 Å². The first-order chi connectivity index (χ1) is 17.5. The van der Waals surface area contributed by atoms with Gasteiger partial charge in [0.05, 0.1) is 5.69 Å². The minimum atomic E-state index is -4.44. The van der Waals surface area contributed by atoms with E-state index in [1.807, 2.05) is 13.8 Å². The lowest BCUT2D eigenvalue weighted by Crippen LogP contribution is -2.35. The number of nitrogens with one attached hydrogen (secondary N) is 2. The SMILES string of the molecule is CCN(CC)CCOC(=O)Nc1cc(C(C)C2NC(=O)N(c3ccc(SC(F)(F)F)cc3)C2=O)ccn1. The second-order valence-corrected chi connectivity index (χ2v) is 9.33. The number of carbonyl (C=O) groups is 3. The number of benzene rings is 1. The molecule has 1 aliphatic heterocycles. The van der Waals surface area contributed by atoms with Crippen molar-refractivity contribution in [2.75, 3.05) is 36.5 Å². The Balaban J connectivity index is 1.64. The highest BCUT2D eigenvalue weighted by molar-refractivity contribution is 8.00. The maximum absolute atomic E-state index is 13.1. The molecule has 1 aromatic heterocycles. The number of aromatic nitrogens is 1. The summed E-state index contributed by atoms with van der Waals surface area (Å²) in [6, 6.07) is 6.63. The van der Waals surface area contributed by atoms with Crippen molar-refractivity contribution in [3.8, 4) is 0 Å². The zero-order chi connectivity index (χ0) is 27.2. The lowest BCUT2D eigenvalue weighted by Gasteiger charge is -2.19. The molecule has 0 radical (unpaired) electrons. The summed E-state index contributed by atoms with van der Waals surface area (Å²) >= 11 is -0.282. The number of thioether (sulfide) groups is 1. The molecule has 200 valence electrons. The van der Waals surface area contributed by atoms with Crippen LogP contribution in [0.25, 0.3) is 0 Å². The summed E-state index contributed by atoms with van der Waals surface area (Å²) < 4.78 is 42.9. The number of ether oxygens (including phenoxy) is 1. The van der Waals surface area contributed by atoms with Gasteiger partial charge in [0.25, 0.3) is 5.91 Å². The molecule has 2 unspecified atom stereocenters. The minimum absolute atomic E-state index is 0.0587. The molecule has 0 spiro atoms. The Kier molecular flexibility index (Phi) is 9.38. The number of pyridine rings is 1. The Morgan fingerprint density at radius 3 is 2.51 bits per heavy atom. The van der Waals surface area contributed by atoms with Crippen LogP contribution in [-0.2, 0) is 9.53 Å². The molecule has 0 aliphatic carbocycles. The maximum Gasteiger partial charge on any atom is 0.446 e. The highest BCUT2D eigenvalue weighted by Gasteiger charge is 2.42. The quantitative estimate of drug-likeness (QED) is 0.330. The number of imide groups is 1. The van der Waals surface area contributed by atoms with Crippen LogP contribution in [-0.4, -0.2) is 65.7 Å². The first-order valence-corrected chi connectivity index (χ1v) is 12.5. The van der Waals surface area contributed by atoms with Crippen molar-refractivity contribution in [2.24, 2.45) is 0 Å². The Morgan fingerprint density at radius 1 is 1.22 bits per heavy atom. The standard InChI is InChI=1S/C24H28F3N5O4S/c1-4-31(5-2)12-13-36-23(35)29-19-14-16(10-11-28-19)15(3)20-21(33)32(22(34)30-20)17-6-8-18(9-7-17)37-24(25,26)27/h6-11,14-15,20H,4-5,12-13H2,1-3H3,(H,30,34)(H,28,29,35). The Bertz CT molecular complexity index is 1110. The molecule has 2 N–H and O–H groups in total. The van der Waals surface area contributed by atoms with Crippen LogP contribution in [0.2, 0.25) is 0 Å². The van der Waals surface area contributed by atoms with Gasteiger partial charge in [-0.1, -0.05) is 20.8 Å². The Labute approximate surface area is 216 Å². The van der Waals surface area contributed by atoms with Crippen molar-refractivity contribution in [1.82, 2.24) is 15.2 Å². The lowest BCUT2D eigenvalue weighted by atomic mass is 9.94. The van der Waals surface area contributed by atoms with Gasteiger partial charge in [-0.2, -0.15) is 13.2 Å². The molecule has 4 amide bonds. The normalized spacial score (nSPS) is 16.6. The number of likely N-dealkylation sites (N-methyl/N-ethyl adjacent to an activating group) is 1. The predicted molar refractivity (Wildman–Crippen MR) is 134 cm³/mol. The molecule has 13 heteroatoms. The van der Waals surface area contributed by atoms with Crippen LogP contribution >= 0.6 is 11.8 Å². The third-order valence-corrected chi connectivity index (χ3v) is 6.61. The van der Waals surface area contributed by atoms with Crippen LogP contribution in [0.15, 0.2) is 47.5 Å². The first kappa shape index (κ1) is 28.3. The summed E-state index contributed by atoms with van der Waals surface area (Å²) in [5, 5.41) is 5.19. The van der Waals surface area contributed by atoms with E-state index in [-0.39, 0.29) is 34.8 Å². The number of hydrogen-bond donors (Lipinski definition) is 2. The molecular weight excluding hydrogens is 511 g/mol. The third-order valence-electron chi connectivity index (χ3n) is 5.87. The van der Waals surface area contributed by atoms with E-state index in [4.69, 9.17) is 4.74 Å². The monoisotopic (exact) mass is 539 g/mol. The van der Waals surface area contributed by atoms with E-state index in [9.17, 15) is 27.6 Å². The number of halogens is 3. The summed E-state index contributed by atoms with van der Waals surface area (Å²) in [5.74, 6) is -0.817. The van der Waals surface area contributed by atoms with Crippen molar-refractivity contribution >= 4 is 41.3 Å². The lowest BCUT2D eigenvalue weighted by molar-refractivity contribution is -0.118. The van der Waals surface area contributed by atoms with E-state index in [1.54, 1.807) is 19.1 Å². The van der Waals surface area contributed by atoms with Crippen LogP contribution < -0.4 is 15.5 Å². The van der Waals surface area contributed by atoms with Crippen LogP contribution in [0.5, 0.6) is 0 Å². The number of carbonyl (C=O) groups excluding carboxylic acids is 3. The minimum Gasteiger partial charge on any atom is -0.448 e. The van der Waals surface area contributed by atoms with Crippen molar-refractivity contribution in [1.29, 1.82) is 0 Å². The first-order valence-electron chi connectivity index (χ1n) is 11.6. The number of rotatable bonds is 10. The summed E-state index contributed by atoms with van der Waals surface area (Å²) in [4.78, 5) is 44.8. The van der Waals surface area contributed by atoms with E-state index in [1.165, 1.54) is 30.5 Å². The molecule has 1 fully saturated rings. The van der Waals surface area contributed by atoms with Gasteiger partial charge in [-0.3, -0.25) is 10.1 Å². The number of hydrogen-bond acceptors (Lipinski definition) is 7. The average molecular weight is 540 g/mol. The van der Waals surface area contributed by atoms with Gasteiger partial charge in [0.2, 0.25) is 0 Å². The van der Waals surface area contributed by atoms with Crippen molar-refractivity contribution in [3.63, 3.8) is 0 Å². The van der Waals surface area contributed by atoms with E-state index >= 15 is 0 Å². The molecule has 1 aliphatic rings. The molecule has 0 bridgehead atoms. The molecule has 0 saturated carbocycles. The van der Waals surface area contributed by atoms with Gasteiger partial charge in [0.15, 0.2) is 0 Å². The molecule has 37 heavy (non-hydrogen) atoms. The zero-order valence-corrected chi connectivity index (χ0v) is 21.4. The van der Waals surface area contributed by atoms with Crippen molar-refractivity contribution in [3.05, 3.63) is 48.2 Å². The van der Waals surface area contributed by atoms with Gasteiger partial charge < -0.3 is 15.0 Å². The fraction of sp³-hybridized carbons (Fsp3) is 0.417. The van der Waals surface area contributed by atoms with E-state index in [2.05, 4.69) is 20.5 Å². The second-order valence-electron chi connectivity index (χ2n) is 8.19. The molecule has 2 heterocycles. The van der Waals surface area contributed by atoms with E-state index in [0.717, 1.165) is 18.0 Å². The molecule has 9 nitrogen and oxygen atoms in total. The van der Waals surface area contributed by atoms with Gasteiger partial charge in [-0.05, 0) is 66.8 Å². The van der Waals surface area contributed by atoms with Gasteiger partial charge in [-0.15, -0.1) is 0 Å². The number of urea groups is 1. The number of nitrogens with zero attached hydrogens (tertiary/aromatic N) is 3. The highest BCUT2D eigenvalue weighted by atomic mass is 32.2. The summed E-state index contributed by atoms with van der Waals surface area (Å²) in [6.07, 6.45) is 0.806. The molecule has 2 atom stereocenters. The number of alkyl halides is 3. The zero-order valence-electron chi connectivity index (χ0n) is 20.5. The van der Waals surface area contributed by atoms with Gasteiger partial charge in [-0.25, -0.2) is 19.5 Å². The second kappa shape index (κ2) is 12.3. The number of amides is 4. The van der Waals surface area contributed by atoms with E-state index in [0.29, 0.717) is 12.1 Å². The van der Waals surface area contributed by atoms with Gasteiger partial charge in [0.1, 0.15) is 18.5 Å². The predicted octanol–water partition coefficient (Wildman–Crippen LogP) is 4.81.